The van der Waals surface area contributed by atoms with Gasteiger partial charge in [-0.15, -0.1) is 0 Å². The predicted molar refractivity (Wildman–Crippen MR) is 93.3 cm³/mol. The van der Waals surface area contributed by atoms with E-state index < -0.39 is 29.3 Å². The molecule has 10 heteroatoms. The van der Waals surface area contributed by atoms with E-state index in [0.29, 0.717) is 19.0 Å². The summed E-state index contributed by atoms with van der Waals surface area (Å²) in [4.78, 5) is 13.2. The van der Waals surface area contributed by atoms with Crippen molar-refractivity contribution in [2.75, 3.05) is 13.1 Å². The average molecular weight is 417 g/mol. The second-order valence-corrected chi connectivity index (χ2v) is 7.46. The van der Waals surface area contributed by atoms with Crippen molar-refractivity contribution >= 4 is 5.91 Å². The van der Waals surface area contributed by atoms with Crippen LogP contribution in [0.1, 0.15) is 31.9 Å². The Labute approximate surface area is 163 Å². The molecule has 1 fully saturated rings. The van der Waals surface area contributed by atoms with Crippen LogP contribution in [0.25, 0.3) is 5.69 Å². The van der Waals surface area contributed by atoms with Crippen molar-refractivity contribution in [1.82, 2.24) is 14.7 Å². The minimum absolute atomic E-state index is 0.00283. The number of hydrogen-bond donors (Lipinski definition) is 1. The zero-order valence-corrected chi connectivity index (χ0v) is 15.7. The molecular formula is C19H20F5N3O2. The second kappa shape index (κ2) is 7.40. The van der Waals surface area contributed by atoms with Crippen LogP contribution in [0, 0.1) is 17.6 Å². The lowest BCUT2D eigenvalue weighted by Crippen LogP contribution is -2.58. The van der Waals surface area contributed by atoms with E-state index in [1.807, 2.05) is 0 Å². The quantitative estimate of drug-likeness (QED) is 0.779. The minimum atomic E-state index is -5.08. The normalized spacial score (nSPS) is 22.4. The highest BCUT2D eigenvalue weighted by Gasteiger charge is 2.57. The zero-order chi connectivity index (χ0) is 21.6. The van der Waals surface area contributed by atoms with Gasteiger partial charge in [-0.25, -0.2) is 13.5 Å². The maximum absolute atomic E-state index is 14.2. The molecular weight excluding hydrogens is 397 g/mol. The Kier molecular flexibility index (Phi) is 5.42. The van der Waals surface area contributed by atoms with Gasteiger partial charge in [-0.05, 0) is 37.5 Å². The molecule has 0 spiro atoms. The number of nitrogens with zero attached hydrogens (tertiary/aromatic N) is 3. The van der Waals surface area contributed by atoms with E-state index in [4.69, 9.17) is 0 Å². The number of hydrogen-bond acceptors (Lipinski definition) is 3. The van der Waals surface area contributed by atoms with Crippen molar-refractivity contribution in [3.05, 3.63) is 47.8 Å². The third kappa shape index (κ3) is 3.85. The second-order valence-electron chi connectivity index (χ2n) is 7.46. The van der Waals surface area contributed by atoms with Gasteiger partial charge >= 0.3 is 6.18 Å². The first-order chi connectivity index (χ1) is 13.4. The summed E-state index contributed by atoms with van der Waals surface area (Å²) in [5, 5.41) is 13.7. The summed E-state index contributed by atoms with van der Waals surface area (Å²) in [5.41, 5.74) is -2.80. The minimum Gasteiger partial charge on any atom is -0.373 e. The Morgan fingerprint density at radius 3 is 2.52 bits per heavy atom. The SMILES string of the molecule is C[C@H]1CN(C(=O)C(C)(O)C(F)(F)F)CC[C@H]1c1ccnn1-c1ccc(F)cc1F. The first-order valence-corrected chi connectivity index (χ1v) is 9.01. The lowest BCUT2D eigenvalue weighted by molar-refractivity contribution is -0.250. The number of piperidine rings is 1. The zero-order valence-electron chi connectivity index (χ0n) is 15.7. The maximum atomic E-state index is 14.2. The van der Waals surface area contributed by atoms with Crippen molar-refractivity contribution in [3.63, 3.8) is 0 Å². The molecule has 0 radical (unpaired) electrons. The molecule has 2 aromatic rings. The highest BCUT2D eigenvalue weighted by molar-refractivity contribution is 5.85. The van der Waals surface area contributed by atoms with Crippen molar-refractivity contribution in [2.24, 2.45) is 5.92 Å². The Morgan fingerprint density at radius 2 is 1.93 bits per heavy atom. The van der Waals surface area contributed by atoms with Crippen LogP contribution in [0.5, 0.6) is 0 Å². The van der Waals surface area contributed by atoms with Gasteiger partial charge in [0.2, 0.25) is 5.60 Å². The van der Waals surface area contributed by atoms with Gasteiger partial charge in [-0.3, -0.25) is 4.79 Å². The van der Waals surface area contributed by atoms with Gasteiger partial charge in [-0.1, -0.05) is 6.92 Å². The first-order valence-electron chi connectivity index (χ1n) is 9.01. The summed E-state index contributed by atoms with van der Waals surface area (Å²) >= 11 is 0. The van der Waals surface area contributed by atoms with Gasteiger partial charge in [0, 0.05) is 37.0 Å². The van der Waals surface area contributed by atoms with Gasteiger partial charge in [-0.2, -0.15) is 18.3 Å². The number of carbonyl (C=O) groups excluding carboxylic acids is 1. The van der Waals surface area contributed by atoms with Crippen molar-refractivity contribution in [2.45, 2.75) is 38.0 Å². The standard InChI is InChI=1S/C19H20F5N3O2/c1-11-10-26(17(28)18(2,29)19(22,23)24)8-6-13(11)15-5-7-25-27(15)16-4-3-12(20)9-14(16)21/h3-5,7,9,11,13,29H,6,8,10H2,1-2H3/t11-,13+,18?/m0/s1. The highest BCUT2D eigenvalue weighted by Crippen LogP contribution is 2.37. The van der Waals surface area contributed by atoms with Crippen LogP contribution in [0.4, 0.5) is 22.0 Å². The Hall–Kier alpha value is -2.49. The van der Waals surface area contributed by atoms with Crippen LogP contribution in [-0.2, 0) is 4.79 Å². The molecule has 1 N–H and O–H groups in total. The molecule has 1 aromatic heterocycles. The first kappa shape index (κ1) is 21.2. The van der Waals surface area contributed by atoms with Crippen LogP contribution in [0.2, 0.25) is 0 Å². The molecule has 0 bridgehead atoms. The molecule has 1 aliphatic heterocycles. The smallest absolute Gasteiger partial charge is 0.373 e. The number of alkyl halides is 3. The van der Waals surface area contributed by atoms with Gasteiger partial charge < -0.3 is 10.0 Å². The largest absolute Gasteiger partial charge is 0.426 e. The fraction of sp³-hybridized carbons (Fsp3) is 0.474. The Morgan fingerprint density at radius 1 is 1.24 bits per heavy atom. The molecule has 3 atom stereocenters. The van der Waals surface area contributed by atoms with E-state index in [1.165, 1.54) is 16.9 Å². The third-order valence-corrected chi connectivity index (χ3v) is 5.35. The molecule has 1 aromatic carbocycles. The summed E-state index contributed by atoms with van der Waals surface area (Å²) in [6.07, 6.45) is -3.32. The number of benzene rings is 1. The van der Waals surface area contributed by atoms with Crippen molar-refractivity contribution in [1.29, 1.82) is 0 Å². The summed E-state index contributed by atoms with van der Waals surface area (Å²) in [5.74, 6) is -3.42. The number of rotatable bonds is 3. The molecule has 158 valence electrons. The van der Waals surface area contributed by atoms with Gasteiger partial charge in [0.05, 0.1) is 0 Å². The molecule has 1 aliphatic rings. The number of aromatic nitrogens is 2. The van der Waals surface area contributed by atoms with E-state index in [1.54, 1.807) is 13.0 Å². The Balaban J connectivity index is 1.82. The molecule has 2 heterocycles. The number of likely N-dealkylation sites (tertiary alicyclic amines) is 1. The van der Waals surface area contributed by atoms with Crippen LogP contribution >= 0.6 is 0 Å². The fourth-order valence-electron chi connectivity index (χ4n) is 3.65. The number of amides is 1. The van der Waals surface area contributed by atoms with Crippen LogP contribution in [0.3, 0.4) is 0 Å². The molecule has 5 nitrogen and oxygen atoms in total. The molecule has 3 rings (SSSR count). The predicted octanol–water partition coefficient (Wildman–Crippen LogP) is 3.42. The topological polar surface area (TPSA) is 58.4 Å². The number of carbonyl (C=O) groups is 1. The van der Waals surface area contributed by atoms with E-state index in [9.17, 15) is 31.9 Å². The summed E-state index contributed by atoms with van der Waals surface area (Å²) in [6.45, 7) is 2.19. The van der Waals surface area contributed by atoms with Gasteiger partial charge in [0.1, 0.15) is 11.5 Å². The highest BCUT2D eigenvalue weighted by atomic mass is 19.4. The van der Waals surface area contributed by atoms with Crippen molar-refractivity contribution in [3.8, 4) is 5.69 Å². The number of halogens is 5. The molecule has 0 saturated carbocycles. The summed E-state index contributed by atoms with van der Waals surface area (Å²) in [6, 6.07) is 4.76. The molecule has 1 amide bonds. The monoisotopic (exact) mass is 417 g/mol. The van der Waals surface area contributed by atoms with E-state index in [-0.39, 0.29) is 30.6 Å². The maximum Gasteiger partial charge on any atom is 0.426 e. The van der Waals surface area contributed by atoms with E-state index >= 15 is 0 Å². The molecule has 29 heavy (non-hydrogen) atoms. The molecule has 1 unspecified atom stereocenters. The lowest BCUT2D eigenvalue weighted by Gasteiger charge is -2.40. The van der Waals surface area contributed by atoms with E-state index in [2.05, 4.69) is 5.10 Å². The van der Waals surface area contributed by atoms with Crippen LogP contribution in [0.15, 0.2) is 30.5 Å². The van der Waals surface area contributed by atoms with Crippen LogP contribution in [-0.4, -0.2) is 50.6 Å². The van der Waals surface area contributed by atoms with Crippen LogP contribution < -0.4 is 0 Å². The Bertz CT molecular complexity index is 909. The van der Waals surface area contributed by atoms with Gasteiger partial charge in [0.15, 0.2) is 5.82 Å². The fourth-order valence-corrected chi connectivity index (χ4v) is 3.65. The third-order valence-electron chi connectivity index (χ3n) is 5.35. The summed E-state index contributed by atoms with van der Waals surface area (Å²) < 4.78 is 67.6. The lowest BCUT2D eigenvalue weighted by atomic mass is 9.83. The van der Waals surface area contributed by atoms with Crippen molar-refractivity contribution < 1.29 is 31.9 Å². The average Bonchev–Trinajstić information content (AvgIpc) is 3.09. The number of aliphatic hydroxyl groups is 1. The summed E-state index contributed by atoms with van der Waals surface area (Å²) in [7, 11) is 0. The van der Waals surface area contributed by atoms with E-state index in [0.717, 1.165) is 17.0 Å². The van der Waals surface area contributed by atoms with Gasteiger partial charge in [0.25, 0.3) is 5.91 Å². The molecule has 1 saturated heterocycles. The molecule has 0 aliphatic carbocycles.